The first-order valence-electron chi connectivity index (χ1n) is 14.1. The van der Waals surface area contributed by atoms with Crippen molar-refractivity contribution in [2.45, 2.75) is 78.1 Å². The number of unbranched alkanes of at least 4 members (excludes halogenated alkanes) is 9. The molecule has 2 aromatic carbocycles. The van der Waals surface area contributed by atoms with E-state index in [0.717, 1.165) is 24.1 Å². The highest BCUT2D eigenvalue weighted by Gasteiger charge is 2.32. The van der Waals surface area contributed by atoms with E-state index >= 15 is 0 Å². The summed E-state index contributed by atoms with van der Waals surface area (Å²) in [6, 6.07) is 14.9. The summed E-state index contributed by atoms with van der Waals surface area (Å²) >= 11 is 6.91. The van der Waals surface area contributed by atoms with E-state index in [2.05, 4.69) is 6.92 Å². The molecule has 7 heteroatoms. The van der Waals surface area contributed by atoms with Crippen molar-refractivity contribution in [3.8, 4) is 16.9 Å². The maximum atomic E-state index is 14.4. The van der Waals surface area contributed by atoms with Gasteiger partial charge in [-0.1, -0.05) is 119 Å². The normalized spacial score (nSPS) is 14.6. The summed E-state index contributed by atoms with van der Waals surface area (Å²) < 4.78 is 16.8. The molecule has 39 heavy (non-hydrogen) atoms. The Labute approximate surface area is 241 Å². The van der Waals surface area contributed by atoms with Gasteiger partial charge in [-0.05, 0) is 43.2 Å². The van der Waals surface area contributed by atoms with Gasteiger partial charge in [0.05, 0.1) is 10.6 Å². The Hall–Kier alpha value is -2.77. The zero-order valence-corrected chi connectivity index (χ0v) is 24.6. The van der Waals surface area contributed by atoms with Crippen molar-refractivity contribution in [2.75, 3.05) is 6.54 Å². The number of thioether (sulfide) groups is 1. The number of nitrogens with zero attached hydrogens (tertiary/aromatic N) is 3. The largest absolute Gasteiger partial charge is 0.293 e. The molecular formula is C32H38FN3OS2. The van der Waals surface area contributed by atoms with Gasteiger partial charge in [0.1, 0.15) is 15.8 Å². The van der Waals surface area contributed by atoms with Gasteiger partial charge < -0.3 is 0 Å². The first kappa shape index (κ1) is 29.2. The molecule has 1 amide bonds. The molecule has 1 aliphatic heterocycles. The summed E-state index contributed by atoms with van der Waals surface area (Å²) in [5.74, 6) is -0.343. The number of benzene rings is 2. The molecule has 3 aromatic rings. The molecule has 0 spiro atoms. The van der Waals surface area contributed by atoms with E-state index in [1.807, 2.05) is 48.7 Å². The van der Waals surface area contributed by atoms with E-state index in [1.54, 1.807) is 22.6 Å². The number of carbonyl (C=O) groups excluding carboxylic acids is 1. The van der Waals surface area contributed by atoms with E-state index in [0.29, 0.717) is 32.6 Å². The minimum absolute atomic E-state index is 0.0607. The monoisotopic (exact) mass is 563 g/mol. The number of para-hydroxylation sites is 1. The SMILES string of the molecule is CCCCCCCCCCCCN1C(=O)/C(=C/c2cn(-c3ccccc3)nc2-c2ccc(C)c(F)c2)SC1=S. The van der Waals surface area contributed by atoms with Crippen molar-refractivity contribution in [1.29, 1.82) is 0 Å². The number of aryl methyl sites for hydroxylation is 1. The summed E-state index contributed by atoms with van der Waals surface area (Å²) in [5.41, 5.74) is 3.51. The lowest BCUT2D eigenvalue weighted by Crippen LogP contribution is -2.29. The molecule has 0 bridgehead atoms. The second-order valence-corrected chi connectivity index (χ2v) is 11.9. The van der Waals surface area contributed by atoms with Crippen LogP contribution >= 0.6 is 24.0 Å². The van der Waals surface area contributed by atoms with Crippen molar-refractivity contribution in [3.63, 3.8) is 0 Å². The molecule has 4 nitrogen and oxygen atoms in total. The van der Waals surface area contributed by atoms with Crippen LogP contribution in [0.5, 0.6) is 0 Å². The van der Waals surface area contributed by atoms with Crippen molar-refractivity contribution in [2.24, 2.45) is 0 Å². The number of hydrogen-bond donors (Lipinski definition) is 0. The summed E-state index contributed by atoms with van der Waals surface area (Å²) in [4.78, 5) is 15.6. The third-order valence-electron chi connectivity index (χ3n) is 7.10. The molecule has 0 atom stereocenters. The fourth-order valence-corrected chi connectivity index (χ4v) is 6.06. The molecule has 1 aliphatic rings. The van der Waals surface area contributed by atoms with Crippen molar-refractivity contribution < 1.29 is 9.18 Å². The number of thiocarbonyl (C=S) groups is 1. The lowest BCUT2D eigenvalue weighted by molar-refractivity contribution is -0.122. The van der Waals surface area contributed by atoms with Crippen LogP contribution in [0.25, 0.3) is 23.0 Å². The number of hydrogen-bond acceptors (Lipinski definition) is 4. The molecular weight excluding hydrogens is 526 g/mol. The molecule has 1 fully saturated rings. The van der Waals surface area contributed by atoms with E-state index < -0.39 is 0 Å². The molecule has 0 N–H and O–H groups in total. The molecule has 0 aliphatic carbocycles. The van der Waals surface area contributed by atoms with Gasteiger partial charge >= 0.3 is 0 Å². The summed E-state index contributed by atoms with van der Waals surface area (Å²) in [7, 11) is 0. The van der Waals surface area contributed by atoms with Crippen LogP contribution in [0.15, 0.2) is 59.6 Å². The highest BCUT2D eigenvalue weighted by atomic mass is 32.2. The summed E-state index contributed by atoms with van der Waals surface area (Å²) in [6.07, 6.45) is 16.2. The van der Waals surface area contributed by atoms with Crippen LogP contribution in [0.2, 0.25) is 0 Å². The van der Waals surface area contributed by atoms with E-state index in [1.165, 1.54) is 69.2 Å². The molecule has 0 radical (unpaired) electrons. The Balaban J connectivity index is 1.42. The highest BCUT2D eigenvalue weighted by molar-refractivity contribution is 8.26. The first-order chi connectivity index (χ1) is 19.0. The minimum Gasteiger partial charge on any atom is -0.293 e. The van der Waals surface area contributed by atoms with E-state index in [4.69, 9.17) is 17.3 Å². The average Bonchev–Trinajstić information content (AvgIpc) is 3.48. The van der Waals surface area contributed by atoms with Crippen LogP contribution in [0.3, 0.4) is 0 Å². The molecule has 0 unspecified atom stereocenters. The highest BCUT2D eigenvalue weighted by Crippen LogP contribution is 2.35. The maximum Gasteiger partial charge on any atom is 0.266 e. The van der Waals surface area contributed by atoms with E-state index in [9.17, 15) is 9.18 Å². The van der Waals surface area contributed by atoms with Gasteiger partial charge in [-0.2, -0.15) is 5.10 Å². The third kappa shape index (κ3) is 7.89. The molecule has 2 heterocycles. The third-order valence-corrected chi connectivity index (χ3v) is 8.48. The topological polar surface area (TPSA) is 38.1 Å². The standard InChI is InChI=1S/C32H38FN3OS2/c1-3-4-5-6-7-8-9-10-11-15-20-35-31(37)29(39-32(35)38)22-26-23-36(27-16-13-12-14-17-27)34-30(26)25-19-18-24(2)28(33)21-25/h12-14,16-19,21-23H,3-11,15,20H2,1-2H3/b29-22-. The number of aromatic nitrogens is 2. The van der Waals surface area contributed by atoms with Crippen molar-refractivity contribution in [1.82, 2.24) is 14.7 Å². The summed E-state index contributed by atoms with van der Waals surface area (Å²) in [5, 5.41) is 4.77. The number of amides is 1. The van der Waals surface area contributed by atoms with Gasteiger partial charge in [0, 0.05) is 23.9 Å². The van der Waals surface area contributed by atoms with Crippen LogP contribution in [-0.4, -0.2) is 31.5 Å². The van der Waals surface area contributed by atoms with Crippen LogP contribution in [-0.2, 0) is 4.79 Å². The number of carbonyl (C=O) groups is 1. The average molecular weight is 564 g/mol. The zero-order chi connectivity index (χ0) is 27.6. The molecule has 1 aromatic heterocycles. The van der Waals surface area contributed by atoms with Gasteiger partial charge in [0.2, 0.25) is 0 Å². The Morgan fingerprint density at radius 3 is 2.28 bits per heavy atom. The second-order valence-electron chi connectivity index (χ2n) is 10.2. The second kappa shape index (κ2) is 14.6. The Kier molecular flexibility index (Phi) is 10.9. The van der Waals surface area contributed by atoms with Crippen molar-refractivity contribution >= 4 is 40.3 Å². The van der Waals surface area contributed by atoms with Gasteiger partial charge in [-0.25, -0.2) is 9.07 Å². The fourth-order valence-electron chi connectivity index (χ4n) is 4.76. The molecule has 4 rings (SSSR count). The van der Waals surface area contributed by atoms with Crippen molar-refractivity contribution in [3.05, 3.63) is 76.6 Å². The van der Waals surface area contributed by atoms with Gasteiger partial charge in [-0.15, -0.1) is 0 Å². The van der Waals surface area contributed by atoms with Crippen LogP contribution < -0.4 is 0 Å². The summed E-state index contributed by atoms with van der Waals surface area (Å²) in [6.45, 7) is 4.64. The fraction of sp³-hybridized carbons (Fsp3) is 0.406. The lowest BCUT2D eigenvalue weighted by Gasteiger charge is -2.14. The predicted octanol–water partition coefficient (Wildman–Crippen LogP) is 9.11. The quantitative estimate of drug-likeness (QED) is 0.111. The van der Waals surface area contributed by atoms with Crippen LogP contribution in [0.4, 0.5) is 4.39 Å². The van der Waals surface area contributed by atoms with Crippen LogP contribution in [0, 0.1) is 12.7 Å². The van der Waals surface area contributed by atoms with Gasteiger partial charge in [0.25, 0.3) is 5.91 Å². The smallest absolute Gasteiger partial charge is 0.266 e. The number of halogens is 1. The van der Waals surface area contributed by atoms with Gasteiger partial charge in [-0.3, -0.25) is 9.69 Å². The number of rotatable bonds is 14. The minimum atomic E-state index is -0.282. The van der Waals surface area contributed by atoms with Crippen LogP contribution in [0.1, 0.15) is 82.3 Å². The maximum absolute atomic E-state index is 14.4. The molecule has 206 valence electrons. The Morgan fingerprint density at radius 1 is 0.949 bits per heavy atom. The first-order valence-corrected chi connectivity index (χ1v) is 15.4. The Bertz CT molecular complexity index is 1300. The molecule has 1 saturated heterocycles. The Morgan fingerprint density at radius 2 is 1.62 bits per heavy atom. The predicted molar refractivity (Wildman–Crippen MR) is 165 cm³/mol. The lowest BCUT2D eigenvalue weighted by atomic mass is 10.1. The van der Waals surface area contributed by atoms with E-state index in [-0.39, 0.29) is 11.7 Å². The zero-order valence-electron chi connectivity index (χ0n) is 23.0. The molecule has 0 saturated carbocycles. The van der Waals surface area contributed by atoms with Gasteiger partial charge in [0.15, 0.2) is 0 Å².